The Labute approximate surface area is 150 Å². The van der Waals surface area contributed by atoms with Crippen LogP contribution in [-0.4, -0.2) is 17.2 Å². The Morgan fingerprint density at radius 1 is 1.18 bits per heavy atom. The van der Waals surface area contributed by atoms with E-state index in [-0.39, 0.29) is 10.8 Å². The van der Waals surface area contributed by atoms with E-state index in [4.69, 9.17) is 45.9 Å². The number of phenols is 1. The highest BCUT2D eigenvalue weighted by Gasteiger charge is 2.05. The highest BCUT2D eigenvalue weighted by atomic mass is 79.9. The van der Waals surface area contributed by atoms with Gasteiger partial charge in [0, 0.05) is 26.3 Å². The zero-order valence-electron chi connectivity index (χ0n) is 10.9. The van der Waals surface area contributed by atoms with E-state index >= 15 is 0 Å². The van der Waals surface area contributed by atoms with Crippen LogP contribution in [0.1, 0.15) is 15.9 Å². The van der Waals surface area contributed by atoms with Crippen LogP contribution in [0.25, 0.3) is 0 Å². The van der Waals surface area contributed by atoms with Gasteiger partial charge in [-0.15, -0.1) is 0 Å². The molecule has 0 saturated carbocycles. The minimum atomic E-state index is -0.487. The Hall–Kier alpha value is -1.27. The first-order valence-electron chi connectivity index (χ1n) is 5.69. The molecule has 0 aliphatic carbocycles. The number of primary amides is 1. The molecule has 2 aromatic carbocycles. The monoisotopic (exact) mass is 422 g/mol. The lowest BCUT2D eigenvalue weighted by Gasteiger charge is -2.00. The summed E-state index contributed by atoms with van der Waals surface area (Å²) in [5.41, 5.74) is 5.78. The van der Waals surface area contributed by atoms with Crippen LogP contribution in [0.15, 0.2) is 34.8 Å². The van der Waals surface area contributed by atoms with Crippen LogP contribution in [0.5, 0.6) is 5.75 Å². The Balaban J connectivity index is 0.000000220. The van der Waals surface area contributed by atoms with Gasteiger partial charge in [0.2, 0.25) is 5.91 Å². The third kappa shape index (κ3) is 5.18. The predicted octanol–water partition coefficient (Wildman–Crippen LogP) is 4.90. The summed E-state index contributed by atoms with van der Waals surface area (Å²) in [6.45, 7) is 0. The first-order chi connectivity index (χ1) is 10.3. The molecule has 0 spiro atoms. The molecule has 0 aliphatic heterocycles. The van der Waals surface area contributed by atoms with Crippen molar-refractivity contribution in [3.8, 4) is 5.75 Å². The Morgan fingerprint density at radius 2 is 1.82 bits per heavy atom. The number of hydrogen-bond donors (Lipinski definition) is 3. The number of amides is 1. The predicted molar refractivity (Wildman–Crippen MR) is 93.7 cm³/mol. The molecule has 0 radical (unpaired) electrons. The van der Waals surface area contributed by atoms with Gasteiger partial charge in [-0.3, -0.25) is 4.79 Å². The van der Waals surface area contributed by atoms with Crippen molar-refractivity contribution in [1.82, 2.24) is 0 Å². The number of benzene rings is 2. The third-order valence-electron chi connectivity index (χ3n) is 2.41. The summed E-state index contributed by atoms with van der Waals surface area (Å²) in [6, 6.07) is 7.77. The molecule has 116 valence electrons. The molecule has 0 saturated heterocycles. The average molecular weight is 425 g/mol. The van der Waals surface area contributed by atoms with E-state index in [0.29, 0.717) is 25.6 Å². The second-order valence-electron chi connectivity index (χ2n) is 3.96. The number of carbonyl (C=O) groups excluding carboxylic acids is 1. The summed E-state index contributed by atoms with van der Waals surface area (Å²) in [7, 11) is 0. The number of halogens is 4. The number of phenolic OH excluding ortho intramolecular Hbond substituents is 1. The van der Waals surface area contributed by atoms with E-state index in [1.807, 2.05) is 0 Å². The second kappa shape index (κ2) is 8.39. The highest BCUT2D eigenvalue weighted by Crippen LogP contribution is 2.29. The number of nitrogens with one attached hydrogen (secondary N) is 1. The maximum Gasteiger partial charge on any atom is 0.249 e. The lowest BCUT2D eigenvalue weighted by atomic mass is 10.2. The smallest absolute Gasteiger partial charge is 0.249 e. The number of aromatic hydroxyl groups is 1. The first-order valence-corrected chi connectivity index (χ1v) is 7.62. The Bertz CT molecular complexity index is 723. The number of hydrogen-bond acceptors (Lipinski definition) is 3. The van der Waals surface area contributed by atoms with Crippen LogP contribution < -0.4 is 5.73 Å². The lowest BCUT2D eigenvalue weighted by molar-refractivity contribution is 0.0999. The van der Waals surface area contributed by atoms with Crippen LogP contribution in [-0.2, 0) is 0 Å². The van der Waals surface area contributed by atoms with Gasteiger partial charge in [0.1, 0.15) is 5.75 Å². The molecule has 0 aliphatic rings. The number of carbonyl (C=O) groups is 1. The number of rotatable bonds is 2. The minimum Gasteiger partial charge on any atom is -0.506 e. The summed E-state index contributed by atoms with van der Waals surface area (Å²) >= 11 is 20.0. The van der Waals surface area contributed by atoms with E-state index in [0.717, 1.165) is 6.21 Å². The summed E-state index contributed by atoms with van der Waals surface area (Å²) < 4.78 is 0.661. The molecule has 1 amide bonds. The van der Waals surface area contributed by atoms with Gasteiger partial charge < -0.3 is 16.2 Å². The molecule has 0 aromatic heterocycles. The average Bonchev–Trinajstić information content (AvgIpc) is 2.45. The van der Waals surface area contributed by atoms with Crippen molar-refractivity contribution in [2.45, 2.75) is 0 Å². The molecule has 4 nitrogen and oxygen atoms in total. The minimum absolute atomic E-state index is 0.105. The van der Waals surface area contributed by atoms with E-state index in [1.165, 1.54) is 18.2 Å². The normalized spacial score (nSPS) is 9.64. The lowest BCUT2D eigenvalue weighted by Crippen LogP contribution is -2.11. The zero-order chi connectivity index (χ0) is 16.9. The molecular formula is C14H10BrCl3N2O2. The molecule has 4 N–H and O–H groups in total. The molecule has 0 bridgehead atoms. The molecule has 2 aromatic rings. The van der Waals surface area contributed by atoms with Crippen molar-refractivity contribution in [3.63, 3.8) is 0 Å². The van der Waals surface area contributed by atoms with Gasteiger partial charge in [-0.2, -0.15) is 0 Å². The van der Waals surface area contributed by atoms with Crippen LogP contribution >= 0.6 is 50.7 Å². The van der Waals surface area contributed by atoms with Crippen molar-refractivity contribution in [1.29, 1.82) is 5.41 Å². The Morgan fingerprint density at radius 3 is 2.32 bits per heavy atom. The molecule has 2 rings (SSSR count). The van der Waals surface area contributed by atoms with Gasteiger partial charge in [0.25, 0.3) is 0 Å². The standard InChI is InChI=1S/C7H5BrClNO.C7H5Cl2NO/c8-6-2-1-4(9)3-5(6)7(10)11;8-5-1-4(3-10)7(11)6(9)2-5/h1-3H,(H2,10,11);1-3,10-11H. The first kappa shape index (κ1) is 18.8. The highest BCUT2D eigenvalue weighted by molar-refractivity contribution is 9.10. The molecule has 0 atom stereocenters. The second-order valence-corrected chi connectivity index (χ2v) is 6.09. The van der Waals surface area contributed by atoms with E-state index < -0.39 is 5.91 Å². The zero-order valence-corrected chi connectivity index (χ0v) is 14.8. The summed E-state index contributed by atoms with van der Waals surface area (Å²) in [6.07, 6.45) is 0.993. The van der Waals surface area contributed by atoms with Crippen molar-refractivity contribution >= 4 is 62.9 Å². The van der Waals surface area contributed by atoms with Gasteiger partial charge in [-0.25, -0.2) is 0 Å². The topological polar surface area (TPSA) is 87.2 Å². The van der Waals surface area contributed by atoms with Gasteiger partial charge >= 0.3 is 0 Å². The fourth-order valence-electron chi connectivity index (χ4n) is 1.38. The Kier molecular flexibility index (Phi) is 7.16. The molecule has 0 heterocycles. The van der Waals surface area contributed by atoms with E-state index in [1.54, 1.807) is 12.1 Å². The van der Waals surface area contributed by atoms with Crippen molar-refractivity contribution in [2.24, 2.45) is 5.73 Å². The van der Waals surface area contributed by atoms with E-state index in [9.17, 15) is 9.90 Å². The van der Waals surface area contributed by atoms with Gasteiger partial charge in [0.05, 0.1) is 10.6 Å². The van der Waals surface area contributed by atoms with Crippen molar-refractivity contribution < 1.29 is 9.90 Å². The van der Waals surface area contributed by atoms with Gasteiger partial charge in [-0.05, 0) is 46.3 Å². The van der Waals surface area contributed by atoms with Crippen LogP contribution in [0.4, 0.5) is 0 Å². The van der Waals surface area contributed by atoms with Crippen LogP contribution in [0, 0.1) is 5.41 Å². The molecule has 8 heteroatoms. The summed E-state index contributed by atoms with van der Waals surface area (Å²) in [5.74, 6) is -0.592. The van der Waals surface area contributed by atoms with Crippen molar-refractivity contribution in [2.75, 3.05) is 0 Å². The van der Waals surface area contributed by atoms with Crippen LogP contribution in [0.2, 0.25) is 15.1 Å². The van der Waals surface area contributed by atoms with Crippen LogP contribution in [0.3, 0.4) is 0 Å². The van der Waals surface area contributed by atoms with Crippen molar-refractivity contribution in [3.05, 3.63) is 61.0 Å². The maximum atomic E-state index is 10.7. The third-order valence-corrected chi connectivity index (χ3v) is 3.84. The SMILES string of the molecule is N=Cc1cc(Cl)cc(Cl)c1O.NC(=O)c1cc(Cl)ccc1Br. The maximum absolute atomic E-state index is 10.7. The molecule has 0 fully saturated rings. The number of nitrogens with two attached hydrogens (primary N) is 1. The summed E-state index contributed by atoms with van der Waals surface area (Å²) in [5, 5.41) is 17.1. The van der Waals surface area contributed by atoms with Gasteiger partial charge in [-0.1, -0.05) is 34.8 Å². The summed E-state index contributed by atoms with van der Waals surface area (Å²) in [4.78, 5) is 10.7. The fraction of sp³-hybridized carbons (Fsp3) is 0. The fourth-order valence-corrected chi connectivity index (χ4v) is 2.51. The molecular weight excluding hydrogens is 414 g/mol. The quantitative estimate of drug-likeness (QED) is 0.599. The molecule has 22 heavy (non-hydrogen) atoms. The molecule has 0 unspecified atom stereocenters. The largest absolute Gasteiger partial charge is 0.506 e. The van der Waals surface area contributed by atoms with E-state index in [2.05, 4.69) is 15.9 Å². The van der Waals surface area contributed by atoms with Gasteiger partial charge in [0.15, 0.2) is 0 Å².